The second kappa shape index (κ2) is 8.25. The topological polar surface area (TPSA) is 49.3 Å². The summed E-state index contributed by atoms with van der Waals surface area (Å²) in [5.41, 5.74) is 1.30. The highest BCUT2D eigenvalue weighted by Crippen LogP contribution is 2.12. The van der Waals surface area contributed by atoms with E-state index in [4.69, 9.17) is 5.11 Å². The average Bonchev–Trinajstić information content (AvgIpc) is 2.34. The molecule has 0 atom stereocenters. The quantitative estimate of drug-likeness (QED) is 0.759. The SMILES string of the molecule is O=C(CCCCc1ccc(Br)cc1)NCCO. The van der Waals surface area contributed by atoms with Crippen molar-refractivity contribution in [1.29, 1.82) is 0 Å². The van der Waals surface area contributed by atoms with Gasteiger partial charge in [0.25, 0.3) is 0 Å². The molecular weight excluding hydrogens is 282 g/mol. The fourth-order valence-corrected chi connectivity index (χ4v) is 1.81. The Morgan fingerprint density at radius 2 is 1.94 bits per heavy atom. The van der Waals surface area contributed by atoms with Crippen LogP contribution in [0.3, 0.4) is 0 Å². The second-order valence-corrected chi connectivity index (χ2v) is 4.82. The van der Waals surface area contributed by atoms with Crippen molar-refractivity contribution < 1.29 is 9.90 Å². The summed E-state index contributed by atoms with van der Waals surface area (Å²) in [6.07, 6.45) is 3.43. The van der Waals surface area contributed by atoms with Crippen LogP contribution in [-0.4, -0.2) is 24.2 Å². The van der Waals surface area contributed by atoms with Crippen molar-refractivity contribution in [1.82, 2.24) is 5.32 Å². The maximum atomic E-state index is 11.2. The molecule has 1 aromatic carbocycles. The molecule has 3 nitrogen and oxygen atoms in total. The molecule has 4 heteroatoms. The Morgan fingerprint density at radius 1 is 1.24 bits per heavy atom. The number of aliphatic hydroxyl groups is 1. The lowest BCUT2D eigenvalue weighted by Gasteiger charge is -2.03. The fourth-order valence-electron chi connectivity index (χ4n) is 1.55. The highest BCUT2D eigenvalue weighted by Gasteiger charge is 2.00. The molecule has 1 aromatic rings. The number of rotatable bonds is 7. The number of amides is 1. The van der Waals surface area contributed by atoms with E-state index in [1.54, 1.807) is 0 Å². The molecule has 1 rings (SSSR count). The predicted octanol–water partition coefficient (Wildman–Crippen LogP) is 2.27. The largest absolute Gasteiger partial charge is 0.395 e. The molecule has 0 bridgehead atoms. The summed E-state index contributed by atoms with van der Waals surface area (Å²) in [6, 6.07) is 8.25. The first kappa shape index (κ1) is 14.2. The van der Waals surface area contributed by atoms with Gasteiger partial charge < -0.3 is 10.4 Å². The maximum absolute atomic E-state index is 11.2. The van der Waals surface area contributed by atoms with Gasteiger partial charge in [-0.1, -0.05) is 28.1 Å². The molecule has 1 amide bonds. The van der Waals surface area contributed by atoms with E-state index in [2.05, 4.69) is 33.4 Å². The monoisotopic (exact) mass is 299 g/mol. The zero-order valence-corrected chi connectivity index (χ0v) is 11.4. The molecule has 2 N–H and O–H groups in total. The number of halogens is 1. The van der Waals surface area contributed by atoms with E-state index in [0.29, 0.717) is 13.0 Å². The van der Waals surface area contributed by atoms with Crippen LogP contribution in [0.25, 0.3) is 0 Å². The van der Waals surface area contributed by atoms with E-state index < -0.39 is 0 Å². The first-order valence-electron chi connectivity index (χ1n) is 5.84. The Hall–Kier alpha value is -0.870. The van der Waals surface area contributed by atoms with Gasteiger partial charge in [-0.05, 0) is 37.0 Å². The Balaban J connectivity index is 2.11. The van der Waals surface area contributed by atoms with Crippen molar-refractivity contribution in [2.75, 3.05) is 13.2 Å². The molecule has 0 spiro atoms. The standard InChI is InChI=1S/C13H18BrNO2/c14-12-7-5-11(6-8-12)3-1-2-4-13(17)15-9-10-16/h5-8,16H,1-4,9-10H2,(H,15,17). The van der Waals surface area contributed by atoms with Gasteiger partial charge in [0, 0.05) is 17.4 Å². The zero-order chi connectivity index (χ0) is 12.5. The third-order valence-corrected chi connectivity index (χ3v) is 3.00. The molecular formula is C13H18BrNO2. The number of carbonyl (C=O) groups is 1. The third kappa shape index (κ3) is 6.44. The van der Waals surface area contributed by atoms with E-state index in [-0.39, 0.29) is 12.5 Å². The summed E-state index contributed by atoms with van der Waals surface area (Å²) in [6.45, 7) is 0.357. The summed E-state index contributed by atoms with van der Waals surface area (Å²) in [7, 11) is 0. The number of aryl methyl sites for hydroxylation is 1. The van der Waals surface area contributed by atoms with Crippen molar-refractivity contribution in [2.45, 2.75) is 25.7 Å². The second-order valence-electron chi connectivity index (χ2n) is 3.91. The van der Waals surface area contributed by atoms with Crippen LogP contribution in [0.5, 0.6) is 0 Å². The number of carbonyl (C=O) groups excluding carboxylic acids is 1. The van der Waals surface area contributed by atoms with Crippen molar-refractivity contribution in [2.24, 2.45) is 0 Å². The molecule has 0 unspecified atom stereocenters. The van der Waals surface area contributed by atoms with Crippen LogP contribution in [0.15, 0.2) is 28.7 Å². The number of unbranched alkanes of at least 4 members (excludes halogenated alkanes) is 1. The predicted molar refractivity (Wildman–Crippen MR) is 71.8 cm³/mol. The summed E-state index contributed by atoms with van der Waals surface area (Å²) < 4.78 is 1.09. The molecule has 0 saturated carbocycles. The number of hydrogen-bond donors (Lipinski definition) is 2. The molecule has 0 aliphatic heterocycles. The molecule has 94 valence electrons. The smallest absolute Gasteiger partial charge is 0.220 e. The van der Waals surface area contributed by atoms with Gasteiger partial charge in [-0.2, -0.15) is 0 Å². The first-order chi connectivity index (χ1) is 8.22. The Kier molecular flexibility index (Phi) is 6.89. The van der Waals surface area contributed by atoms with Crippen LogP contribution in [0, 0.1) is 0 Å². The van der Waals surface area contributed by atoms with E-state index in [1.165, 1.54) is 5.56 Å². The lowest BCUT2D eigenvalue weighted by molar-refractivity contribution is -0.121. The minimum Gasteiger partial charge on any atom is -0.395 e. The molecule has 0 fully saturated rings. The Bertz CT molecular complexity index is 338. The molecule has 0 saturated heterocycles. The molecule has 0 heterocycles. The Morgan fingerprint density at radius 3 is 2.59 bits per heavy atom. The van der Waals surface area contributed by atoms with Crippen LogP contribution >= 0.6 is 15.9 Å². The van der Waals surface area contributed by atoms with Gasteiger partial charge >= 0.3 is 0 Å². The molecule has 0 aliphatic carbocycles. The highest BCUT2D eigenvalue weighted by molar-refractivity contribution is 9.10. The van der Waals surface area contributed by atoms with Gasteiger partial charge in [-0.3, -0.25) is 4.79 Å². The summed E-state index contributed by atoms with van der Waals surface area (Å²) in [4.78, 5) is 11.2. The normalized spacial score (nSPS) is 10.2. The van der Waals surface area contributed by atoms with Gasteiger partial charge in [-0.15, -0.1) is 0 Å². The van der Waals surface area contributed by atoms with Gasteiger partial charge in [-0.25, -0.2) is 0 Å². The van der Waals surface area contributed by atoms with Crippen LogP contribution in [0.1, 0.15) is 24.8 Å². The van der Waals surface area contributed by atoms with Gasteiger partial charge in [0.2, 0.25) is 5.91 Å². The van der Waals surface area contributed by atoms with Crippen LogP contribution in [0.2, 0.25) is 0 Å². The number of benzene rings is 1. The lowest BCUT2D eigenvalue weighted by atomic mass is 10.1. The number of nitrogens with one attached hydrogen (secondary N) is 1. The summed E-state index contributed by atoms with van der Waals surface area (Å²) in [5.74, 6) is 0.0230. The number of aliphatic hydroxyl groups excluding tert-OH is 1. The number of hydrogen-bond acceptors (Lipinski definition) is 2. The molecule has 0 aliphatic rings. The van der Waals surface area contributed by atoms with E-state index in [9.17, 15) is 4.79 Å². The molecule has 17 heavy (non-hydrogen) atoms. The van der Waals surface area contributed by atoms with Crippen molar-refractivity contribution in [3.63, 3.8) is 0 Å². The van der Waals surface area contributed by atoms with E-state index >= 15 is 0 Å². The van der Waals surface area contributed by atoms with Crippen molar-refractivity contribution >= 4 is 21.8 Å². The van der Waals surface area contributed by atoms with E-state index in [1.807, 2.05) is 12.1 Å². The Labute approximate surface area is 110 Å². The van der Waals surface area contributed by atoms with Crippen molar-refractivity contribution in [3.8, 4) is 0 Å². The van der Waals surface area contributed by atoms with Crippen LogP contribution in [-0.2, 0) is 11.2 Å². The highest BCUT2D eigenvalue weighted by atomic mass is 79.9. The van der Waals surface area contributed by atoms with Gasteiger partial charge in [0.1, 0.15) is 0 Å². The summed E-state index contributed by atoms with van der Waals surface area (Å²) >= 11 is 3.40. The van der Waals surface area contributed by atoms with E-state index in [0.717, 1.165) is 23.7 Å². The van der Waals surface area contributed by atoms with Gasteiger partial charge in [0.15, 0.2) is 0 Å². The maximum Gasteiger partial charge on any atom is 0.220 e. The summed E-state index contributed by atoms with van der Waals surface area (Å²) in [5, 5.41) is 11.2. The average molecular weight is 300 g/mol. The lowest BCUT2D eigenvalue weighted by Crippen LogP contribution is -2.25. The minimum absolute atomic E-state index is 0.00460. The van der Waals surface area contributed by atoms with Crippen LogP contribution in [0.4, 0.5) is 0 Å². The van der Waals surface area contributed by atoms with Gasteiger partial charge in [0.05, 0.1) is 6.61 Å². The molecule has 0 radical (unpaired) electrons. The molecule has 0 aromatic heterocycles. The first-order valence-corrected chi connectivity index (χ1v) is 6.63. The zero-order valence-electron chi connectivity index (χ0n) is 9.79. The third-order valence-electron chi connectivity index (χ3n) is 2.47. The minimum atomic E-state index is 0.00460. The van der Waals surface area contributed by atoms with Crippen molar-refractivity contribution in [3.05, 3.63) is 34.3 Å². The van der Waals surface area contributed by atoms with Crippen LogP contribution < -0.4 is 5.32 Å². The fraction of sp³-hybridized carbons (Fsp3) is 0.462.